The Morgan fingerprint density at radius 1 is 1.14 bits per heavy atom. The molecular formula is C20H23ClN2O5S. The number of fused-ring (bicyclic) bond motifs is 1. The average Bonchev–Trinajstić information content (AvgIpc) is 2.89. The summed E-state index contributed by atoms with van der Waals surface area (Å²) in [4.78, 5) is 12.5. The third-order valence-corrected chi connectivity index (χ3v) is 6.59. The number of aryl methyl sites for hydroxylation is 2. The quantitative estimate of drug-likeness (QED) is 0.773. The van der Waals surface area contributed by atoms with Crippen LogP contribution in [-0.4, -0.2) is 45.4 Å². The molecular weight excluding hydrogens is 416 g/mol. The SMILES string of the molecule is Cc1cc(C)c(NC(=O)CN(C)S(=O)(=O)c2ccc3c(c2)OCCCO3)c(Cl)c1. The van der Waals surface area contributed by atoms with Crippen LogP contribution in [0.25, 0.3) is 0 Å². The van der Waals surface area contributed by atoms with Crippen LogP contribution in [-0.2, 0) is 14.8 Å². The summed E-state index contributed by atoms with van der Waals surface area (Å²) in [6.45, 7) is 4.33. The normalized spacial score (nSPS) is 13.8. The number of anilines is 1. The van der Waals surface area contributed by atoms with E-state index in [9.17, 15) is 13.2 Å². The number of likely N-dealkylation sites (N-methyl/N-ethyl adjacent to an activating group) is 1. The molecule has 0 radical (unpaired) electrons. The van der Waals surface area contributed by atoms with Gasteiger partial charge in [0, 0.05) is 19.5 Å². The van der Waals surface area contributed by atoms with E-state index in [0.717, 1.165) is 21.9 Å². The highest BCUT2D eigenvalue weighted by molar-refractivity contribution is 7.89. The minimum atomic E-state index is -3.89. The molecule has 1 N–H and O–H groups in total. The van der Waals surface area contributed by atoms with Crippen LogP contribution in [0, 0.1) is 13.8 Å². The molecule has 1 heterocycles. The van der Waals surface area contributed by atoms with Crippen LogP contribution in [0.3, 0.4) is 0 Å². The Morgan fingerprint density at radius 2 is 1.83 bits per heavy atom. The Balaban J connectivity index is 1.75. The third kappa shape index (κ3) is 4.83. The van der Waals surface area contributed by atoms with Crippen molar-refractivity contribution in [3.63, 3.8) is 0 Å². The predicted octanol–water partition coefficient (Wildman–Crippen LogP) is 3.38. The topological polar surface area (TPSA) is 84.9 Å². The van der Waals surface area contributed by atoms with Crippen LogP contribution >= 0.6 is 11.6 Å². The highest BCUT2D eigenvalue weighted by Crippen LogP contribution is 2.33. The Hall–Kier alpha value is -2.29. The van der Waals surface area contributed by atoms with Gasteiger partial charge >= 0.3 is 0 Å². The number of hydrogen-bond acceptors (Lipinski definition) is 5. The molecule has 0 aliphatic carbocycles. The van der Waals surface area contributed by atoms with Gasteiger partial charge < -0.3 is 14.8 Å². The van der Waals surface area contributed by atoms with Crippen LogP contribution in [0.5, 0.6) is 11.5 Å². The van der Waals surface area contributed by atoms with Gasteiger partial charge in [-0.1, -0.05) is 17.7 Å². The summed E-state index contributed by atoms with van der Waals surface area (Å²) in [6, 6.07) is 8.06. The van der Waals surface area contributed by atoms with E-state index < -0.39 is 15.9 Å². The maximum Gasteiger partial charge on any atom is 0.243 e. The third-order valence-electron chi connectivity index (χ3n) is 4.49. The van der Waals surface area contributed by atoms with Crippen molar-refractivity contribution in [1.82, 2.24) is 4.31 Å². The predicted molar refractivity (Wildman–Crippen MR) is 111 cm³/mol. The monoisotopic (exact) mass is 438 g/mol. The molecule has 2 aromatic carbocycles. The van der Waals surface area contributed by atoms with Crippen molar-refractivity contribution in [2.24, 2.45) is 0 Å². The first kappa shape index (κ1) is 21.4. The van der Waals surface area contributed by atoms with Crippen molar-refractivity contribution >= 4 is 33.2 Å². The minimum absolute atomic E-state index is 0.0293. The molecule has 1 aliphatic heterocycles. The lowest BCUT2D eigenvalue weighted by Gasteiger charge is -2.19. The number of halogens is 1. The van der Waals surface area contributed by atoms with Crippen molar-refractivity contribution in [1.29, 1.82) is 0 Å². The number of benzene rings is 2. The van der Waals surface area contributed by atoms with E-state index >= 15 is 0 Å². The lowest BCUT2D eigenvalue weighted by molar-refractivity contribution is -0.116. The molecule has 0 bridgehead atoms. The number of amides is 1. The van der Waals surface area contributed by atoms with Gasteiger partial charge in [0.1, 0.15) is 0 Å². The van der Waals surface area contributed by atoms with E-state index in [-0.39, 0.29) is 11.4 Å². The van der Waals surface area contributed by atoms with E-state index in [1.54, 1.807) is 12.1 Å². The highest BCUT2D eigenvalue weighted by atomic mass is 35.5. The lowest BCUT2D eigenvalue weighted by Crippen LogP contribution is -2.35. The zero-order valence-electron chi connectivity index (χ0n) is 16.5. The summed E-state index contributed by atoms with van der Waals surface area (Å²) in [5.74, 6) is 0.397. The van der Waals surface area contributed by atoms with Gasteiger partial charge in [0.15, 0.2) is 11.5 Å². The number of hydrogen-bond donors (Lipinski definition) is 1. The van der Waals surface area contributed by atoms with Gasteiger partial charge in [-0.15, -0.1) is 0 Å². The van der Waals surface area contributed by atoms with Gasteiger partial charge in [-0.25, -0.2) is 8.42 Å². The van der Waals surface area contributed by atoms with E-state index in [2.05, 4.69) is 5.32 Å². The van der Waals surface area contributed by atoms with Gasteiger partial charge in [-0.3, -0.25) is 4.79 Å². The van der Waals surface area contributed by atoms with Crippen LogP contribution < -0.4 is 14.8 Å². The second kappa shape index (κ2) is 8.61. The molecule has 0 saturated carbocycles. The fourth-order valence-electron chi connectivity index (χ4n) is 3.02. The lowest BCUT2D eigenvalue weighted by atomic mass is 10.1. The molecule has 0 unspecified atom stereocenters. The largest absolute Gasteiger partial charge is 0.490 e. The summed E-state index contributed by atoms with van der Waals surface area (Å²) in [6.07, 6.45) is 0.720. The Morgan fingerprint density at radius 3 is 2.52 bits per heavy atom. The van der Waals surface area contributed by atoms with Crippen LogP contribution in [0.4, 0.5) is 5.69 Å². The molecule has 9 heteroatoms. The van der Waals surface area contributed by atoms with Gasteiger partial charge in [-0.2, -0.15) is 4.31 Å². The number of carbonyl (C=O) groups excluding carboxylic acids is 1. The zero-order chi connectivity index (χ0) is 21.2. The van der Waals surface area contributed by atoms with Crippen molar-refractivity contribution in [3.8, 4) is 11.5 Å². The van der Waals surface area contributed by atoms with E-state index in [4.69, 9.17) is 21.1 Å². The van der Waals surface area contributed by atoms with E-state index in [0.29, 0.717) is 35.4 Å². The Kier molecular flexibility index (Phi) is 6.36. The summed E-state index contributed by atoms with van der Waals surface area (Å²) < 4.78 is 37.9. The first-order chi connectivity index (χ1) is 13.7. The first-order valence-corrected chi connectivity index (χ1v) is 10.9. The number of sulfonamides is 1. The summed E-state index contributed by atoms with van der Waals surface area (Å²) >= 11 is 6.21. The van der Waals surface area contributed by atoms with Crippen LogP contribution in [0.1, 0.15) is 17.5 Å². The number of nitrogens with one attached hydrogen (secondary N) is 1. The molecule has 1 amide bonds. The molecule has 0 fully saturated rings. The van der Waals surface area contributed by atoms with Gasteiger partial charge in [-0.05, 0) is 43.2 Å². The smallest absolute Gasteiger partial charge is 0.243 e. The molecule has 0 saturated heterocycles. The summed E-state index contributed by atoms with van der Waals surface area (Å²) in [5, 5.41) is 3.10. The van der Waals surface area contributed by atoms with Gasteiger partial charge in [0.05, 0.1) is 35.4 Å². The zero-order valence-corrected chi connectivity index (χ0v) is 18.1. The van der Waals surface area contributed by atoms with Gasteiger partial charge in [0.25, 0.3) is 0 Å². The molecule has 0 spiro atoms. The van der Waals surface area contributed by atoms with Crippen molar-refractivity contribution < 1.29 is 22.7 Å². The number of carbonyl (C=O) groups is 1. The van der Waals surface area contributed by atoms with Crippen molar-refractivity contribution in [2.45, 2.75) is 25.2 Å². The fourth-order valence-corrected chi connectivity index (χ4v) is 4.54. The molecule has 0 atom stereocenters. The number of ether oxygens (including phenoxy) is 2. The number of nitrogens with zero attached hydrogens (tertiary/aromatic N) is 1. The minimum Gasteiger partial charge on any atom is -0.490 e. The molecule has 7 nitrogen and oxygen atoms in total. The average molecular weight is 439 g/mol. The van der Waals surface area contributed by atoms with E-state index in [1.165, 1.54) is 19.2 Å². The van der Waals surface area contributed by atoms with Crippen molar-refractivity contribution in [3.05, 3.63) is 46.5 Å². The second-order valence-corrected chi connectivity index (χ2v) is 9.36. The second-order valence-electron chi connectivity index (χ2n) is 6.91. The summed E-state index contributed by atoms with van der Waals surface area (Å²) in [7, 11) is -2.55. The van der Waals surface area contributed by atoms with E-state index in [1.807, 2.05) is 19.9 Å². The molecule has 29 heavy (non-hydrogen) atoms. The maximum atomic E-state index is 12.9. The highest BCUT2D eigenvalue weighted by Gasteiger charge is 2.25. The Bertz CT molecular complexity index is 1020. The van der Waals surface area contributed by atoms with Crippen LogP contribution in [0.2, 0.25) is 5.02 Å². The standard InChI is InChI=1S/C20H23ClN2O5S/c1-13-9-14(2)20(16(21)10-13)22-19(24)12-23(3)29(25,26)15-5-6-17-18(11-15)28-8-4-7-27-17/h5-6,9-11H,4,7-8,12H2,1-3H3,(H,22,24). The fraction of sp³-hybridized carbons (Fsp3) is 0.350. The van der Waals surface area contributed by atoms with Crippen molar-refractivity contribution in [2.75, 3.05) is 32.1 Å². The molecule has 1 aliphatic rings. The molecule has 156 valence electrons. The first-order valence-electron chi connectivity index (χ1n) is 9.11. The Labute approximate surface area is 175 Å². The van der Waals surface area contributed by atoms with Gasteiger partial charge in [0.2, 0.25) is 15.9 Å². The maximum absolute atomic E-state index is 12.9. The number of rotatable bonds is 5. The van der Waals surface area contributed by atoms with Crippen LogP contribution in [0.15, 0.2) is 35.2 Å². The summed E-state index contributed by atoms with van der Waals surface area (Å²) in [5.41, 5.74) is 2.25. The molecule has 0 aromatic heterocycles. The molecule has 3 rings (SSSR count). The molecule has 2 aromatic rings.